The number of aryl methyl sites for hydroxylation is 1. The predicted octanol–water partition coefficient (Wildman–Crippen LogP) is 5.88. The second kappa shape index (κ2) is 6.86. The molecular weight excluding hydrogens is 296 g/mol. The molecule has 0 aromatic heterocycles. The van der Waals surface area contributed by atoms with Gasteiger partial charge in [0.25, 0.3) is 0 Å². The molecule has 0 unspecified atom stereocenters. The van der Waals surface area contributed by atoms with E-state index < -0.39 is 11.6 Å². The molecule has 0 aliphatic rings. The first kappa shape index (κ1) is 17.1. The molecule has 0 bridgehead atoms. The standard InChI is InChI=1S/C18H21F2N3/c1-11(2)15-10-12(3)16(19)18(17(15)20)22-21-13-6-8-14(9-7-13)23(4)5/h6-11H,1-5H3. The number of halogens is 2. The first-order chi connectivity index (χ1) is 10.8. The Hall–Kier alpha value is -2.30. The lowest BCUT2D eigenvalue weighted by atomic mass is 9.99. The van der Waals surface area contributed by atoms with Gasteiger partial charge in [-0.05, 0) is 54.3 Å². The number of azo groups is 1. The summed E-state index contributed by atoms with van der Waals surface area (Å²) in [6.07, 6.45) is 0. The van der Waals surface area contributed by atoms with Gasteiger partial charge in [0.1, 0.15) is 0 Å². The van der Waals surface area contributed by atoms with Gasteiger partial charge in [0.15, 0.2) is 17.3 Å². The third-order valence-corrected chi connectivity index (χ3v) is 3.64. The van der Waals surface area contributed by atoms with Crippen molar-refractivity contribution >= 4 is 17.1 Å². The van der Waals surface area contributed by atoms with Gasteiger partial charge in [-0.25, -0.2) is 8.78 Å². The fourth-order valence-electron chi connectivity index (χ4n) is 2.21. The van der Waals surface area contributed by atoms with E-state index in [0.29, 0.717) is 16.8 Å². The summed E-state index contributed by atoms with van der Waals surface area (Å²) in [5.41, 5.74) is 2.04. The molecular formula is C18H21F2N3. The summed E-state index contributed by atoms with van der Waals surface area (Å²) in [5, 5.41) is 7.78. The van der Waals surface area contributed by atoms with E-state index in [-0.39, 0.29) is 11.6 Å². The Balaban J connectivity index is 2.39. The van der Waals surface area contributed by atoms with Crippen LogP contribution in [0, 0.1) is 18.6 Å². The number of nitrogens with zero attached hydrogens (tertiary/aromatic N) is 3. The van der Waals surface area contributed by atoms with Crippen molar-refractivity contribution in [3.05, 3.63) is 53.1 Å². The lowest BCUT2D eigenvalue weighted by molar-refractivity contribution is 0.562. The molecule has 0 amide bonds. The Morgan fingerprint density at radius 2 is 1.57 bits per heavy atom. The summed E-state index contributed by atoms with van der Waals surface area (Å²) in [7, 11) is 3.86. The van der Waals surface area contributed by atoms with Gasteiger partial charge in [-0.3, -0.25) is 0 Å². The third-order valence-electron chi connectivity index (χ3n) is 3.64. The predicted molar refractivity (Wildman–Crippen MR) is 90.1 cm³/mol. The average molecular weight is 317 g/mol. The number of hydrogen-bond donors (Lipinski definition) is 0. The molecule has 2 aromatic carbocycles. The van der Waals surface area contributed by atoms with Crippen molar-refractivity contribution in [2.24, 2.45) is 10.2 Å². The van der Waals surface area contributed by atoms with Gasteiger partial charge >= 0.3 is 0 Å². The zero-order valence-electron chi connectivity index (χ0n) is 14.1. The molecule has 2 aromatic rings. The van der Waals surface area contributed by atoms with E-state index in [0.717, 1.165) is 5.69 Å². The van der Waals surface area contributed by atoms with Gasteiger partial charge in [-0.15, -0.1) is 5.11 Å². The maximum absolute atomic E-state index is 14.4. The number of hydrogen-bond acceptors (Lipinski definition) is 3. The van der Waals surface area contributed by atoms with Gasteiger partial charge in [-0.1, -0.05) is 13.8 Å². The van der Waals surface area contributed by atoms with E-state index in [1.807, 2.05) is 45.0 Å². The van der Waals surface area contributed by atoms with Crippen LogP contribution in [0.5, 0.6) is 0 Å². The van der Waals surface area contributed by atoms with Crippen molar-refractivity contribution in [2.45, 2.75) is 26.7 Å². The highest BCUT2D eigenvalue weighted by molar-refractivity contribution is 5.52. The summed E-state index contributed by atoms with van der Waals surface area (Å²) in [6.45, 7) is 5.32. The fourth-order valence-corrected chi connectivity index (χ4v) is 2.21. The van der Waals surface area contributed by atoms with Crippen LogP contribution in [0.2, 0.25) is 0 Å². The SMILES string of the molecule is Cc1cc(C(C)C)c(F)c(N=Nc2ccc(N(C)C)cc2)c1F. The quantitative estimate of drug-likeness (QED) is 0.647. The first-order valence-corrected chi connectivity index (χ1v) is 7.49. The van der Waals surface area contributed by atoms with Gasteiger partial charge in [0.2, 0.25) is 0 Å². The van der Waals surface area contributed by atoms with Crippen LogP contribution >= 0.6 is 0 Å². The van der Waals surface area contributed by atoms with Crippen molar-refractivity contribution in [1.29, 1.82) is 0 Å². The van der Waals surface area contributed by atoms with E-state index in [9.17, 15) is 8.78 Å². The van der Waals surface area contributed by atoms with E-state index >= 15 is 0 Å². The molecule has 0 saturated carbocycles. The van der Waals surface area contributed by atoms with Crippen molar-refractivity contribution in [3.8, 4) is 0 Å². The van der Waals surface area contributed by atoms with Gasteiger partial charge in [0.05, 0.1) is 5.69 Å². The van der Waals surface area contributed by atoms with Crippen LogP contribution in [0.1, 0.15) is 30.9 Å². The van der Waals surface area contributed by atoms with Crippen LogP contribution in [-0.2, 0) is 0 Å². The zero-order chi connectivity index (χ0) is 17.1. The number of rotatable bonds is 4. The normalized spacial score (nSPS) is 11.5. The van der Waals surface area contributed by atoms with Crippen LogP contribution in [-0.4, -0.2) is 14.1 Å². The Labute approximate surface area is 135 Å². The maximum atomic E-state index is 14.4. The summed E-state index contributed by atoms with van der Waals surface area (Å²) in [5.74, 6) is -1.36. The van der Waals surface area contributed by atoms with E-state index in [4.69, 9.17) is 0 Å². The highest BCUT2D eigenvalue weighted by atomic mass is 19.1. The van der Waals surface area contributed by atoms with Crippen LogP contribution in [0.25, 0.3) is 0 Å². The summed E-state index contributed by atoms with van der Waals surface area (Å²) >= 11 is 0. The molecule has 122 valence electrons. The lowest BCUT2D eigenvalue weighted by Gasteiger charge is -2.12. The molecule has 0 aliphatic heterocycles. The van der Waals surface area contributed by atoms with Crippen molar-refractivity contribution in [1.82, 2.24) is 0 Å². The summed E-state index contributed by atoms with van der Waals surface area (Å²) in [4.78, 5) is 1.95. The van der Waals surface area contributed by atoms with Crippen LogP contribution in [0.15, 0.2) is 40.6 Å². The van der Waals surface area contributed by atoms with Crippen molar-refractivity contribution < 1.29 is 8.78 Å². The van der Waals surface area contributed by atoms with Crippen LogP contribution in [0.4, 0.5) is 25.8 Å². The molecule has 3 nitrogen and oxygen atoms in total. The van der Waals surface area contributed by atoms with Crippen LogP contribution in [0.3, 0.4) is 0 Å². The minimum Gasteiger partial charge on any atom is -0.378 e. The first-order valence-electron chi connectivity index (χ1n) is 7.49. The minimum atomic E-state index is -0.666. The molecule has 0 radical (unpaired) electrons. The Kier molecular flexibility index (Phi) is 5.08. The van der Waals surface area contributed by atoms with E-state index in [2.05, 4.69) is 10.2 Å². The molecule has 0 spiro atoms. The molecule has 0 heterocycles. The molecule has 0 N–H and O–H groups in total. The van der Waals surface area contributed by atoms with Crippen molar-refractivity contribution in [3.63, 3.8) is 0 Å². The zero-order valence-corrected chi connectivity index (χ0v) is 14.1. The van der Waals surface area contributed by atoms with E-state index in [1.54, 1.807) is 19.1 Å². The second-order valence-electron chi connectivity index (χ2n) is 6.02. The molecule has 0 atom stereocenters. The maximum Gasteiger partial charge on any atom is 0.157 e. The Morgan fingerprint density at radius 3 is 2.09 bits per heavy atom. The van der Waals surface area contributed by atoms with Crippen LogP contribution < -0.4 is 4.90 Å². The summed E-state index contributed by atoms with van der Waals surface area (Å²) < 4.78 is 28.6. The minimum absolute atomic E-state index is 0.0531. The average Bonchev–Trinajstić information content (AvgIpc) is 2.51. The molecule has 0 aliphatic carbocycles. The van der Waals surface area contributed by atoms with E-state index in [1.165, 1.54) is 6.07 Å². The number of anilines is 1. The smallest absolute Gasteiger partial charge is 0.157 e. The Morgan fingerprint density at radius 1 is 0.957 bits per heavy atom. The molecule has 5 heteroatoms. The lowest BCUT2D eigenvalue weighted by Crippen LogP contribution is -2.07. The fraction of sp³-hybridized carbons (Fsp3) is 0.333. The van der Waals surface area contributed by atoms with Gasteiger partial charge in [0, 0.05) is 19.8 Å². The largest absolute Gasteiger partial charge is 0.378 e. The number of benzene rings is 2. The second-order valence-corrected chi connectivity index (χ2v) is 6.02. The molecule has 0 fully saturated rings. The Bertz CT molecular complexity index is 720. The highest BCUT2D eigenvalue weighted by Gasteiger charge is 2.18. The monoisotopic (exact) mass is 317 g/mol. The molecule has 23 heavy (non-hydrogen) atoms. The topological polar surface area (TPSA) is 28.0 Å². The highest BCUT2D eigenvalue weighted by Crippen LogP contribution is 2.33. The molecule has 2 rings (SSSR count). The summed E-state index contributed by atoms with van der Waals surface area (Å²) in [6, 6.07) is 8.79. The molecule has 0 saturated heterocycles. The van der Waals surface area contributed by atoms with Gasteiger partial charge in [-0.2, -0.15) is 5.11 Å². The third kappa shape index (κ3) is 3.73. The van der Waals surface area contributed by atoms with Gasteiger partial charge < -0.3 is 4.90 Å². The van der Waals surface area contributed by atoms with Crippen molar-refractivity contribution in [2.75, 3.05) is 19.0 Å².